The quantitative estimate of drug-likeness (QED) is 0.503. The lowest BCUT2D eigenvalue weighted by Gasteiger charge is -2.11. The van der Waals surface area contributed by atoms with Crippen LogP contribution in [0.25, 0.3) is 22.8 Å². The van der Waals surface area contributed by atoms with Gasteiger partial charge in [0.25, 0.3) is 17.4 Å². The summed E-state index contributed by atoms with van der Waals surface area (Å²) in [5.41, 5.74) is 1.03. The van der Waals surface area contributed by atoms with Crippen LogP contribution in [-0.2, 0) is 18.3 Å². The van der Waals surface area contributed by atoms with E-state index in [2.05, 4.69) is 20.4 Å². The van der Waals surface area contributed by atoms with Crippen LogP contribution in [-0.4, -0.2) is 31.7 Å². The van der Waals surface area contributed by atoms with Crippen molar-refractivity contribution in [2.24, 2.45) is 7.05 Å². The molecule has 0 saturated carbocycles. The molecule has 10 heteroatoms. The maximum atomic E-state index is 12.7. The van der Waals surface area contributed by atoms with Gasteiger partial charge in [-0.3, -0.25) is 14.6 Å². The first-order valence-corrected chi connectivity index (χ1v) is 9.78. The van der Waals surface area contributed by atoms with Gasteiger partial charge in [0.2, 0.25) is 5.82 Å². The Morgan fingerprint density at radius 2 is 2.03 bits per heavy atom. The smallest absolute Gasteiger partial charge is 0.328 e. The number of amides is 1. The first-order valence-electron chi connectivity index (χ1n) is 9.78. The summed E-state index contributed by atoms with van der Waals surface area (Å²) < 4.78 is 12.2. The zero-order valence-corrected chi connectivity index (χ0v) is 16.9. The van der Waals surface area contributed by atoms with Crippen molar-refractivity contribution in [2.45, 2.75) is 12.5 Å². The molecule has 2 aromatic heterocycles. The molecule has 1 atom stereocenters. The fourth-order valence-corrected chi connectivity index (χ4v) is 3.45. The number of carbonyl (C=O) groups excluding carboxylic acids is 1. The highest BCUT2D eigenvalue weighted by Gasteiger charge is 2.28. The first kappa shape index (κ1) is 19.5. The summed E-state index contributed by atoms with van der Waals surface area (Å²) in [7, 11) is 1.50. The predicted octanol–water partition coefficient (Wildman–Crippen LogP) is 1.73. The molecular weight excluding hydrogens is 414 g/mol. The minimum atomic E-state index is -0.612. The number of aromatic amines is 1. The van der Waals surface area contributed by atoms with Gasteiger partial charge in [-0.2, -0.15) is 4.98 Å². The van der Waals surface area contributed by atoms with E-state index in [0.717, 1.165) is 5.56 Å². The van der Waals surface area contributed by atoms with Crippen LogP contribution in [0.1, 0.15) is 5.56 Å². The lowest BCUT2D eigenvalue weighted by atomic mass is 10.1. The molecule has 0 fully saturated rings. The topological polar surface area (TPSA) is 132 Å². The number of fused-ring (bicyclic) bond motifs is 1. The third-order valence-corrected chi connectivity index (χ3v) is 5.09. The summed E-state index contributed by atoms with van der Waals surface area (Å²) in [5, 5.41) is 6.69. The molecule has 2 aromatic carbocycles. The standard InChI is InChI=1S/C22H17N5O5/c1-27-11-15(19(28)25-22(27)30)18-24-21(32-26-18)13-6-4-7-14(9-13)23-20(29)17-10-12-5-2-3-8-16(12)31-17/h2-9,11,17H,10H2,1H3,(H,23,29)(H,25,28,30). The molecule has 4 aromatic rings. The fourth-order valence-electron chi connectivity index (χ4n) is 3.45. The van der Waals surface area contributed by atoms with Crippen LogP contribution in [0.3, 0.4) is 0 Å². The summed E-state index contributed by atoms with van der Waals surface area (Å²) in [6.45, 7) is 0. The molecule has 0 aliphatic carbocycles. The summed E-state index contributed by atoms with van der Waals surface area (Å²) >= 11 is 0. The van der Waals surface area contributed by atoms with Crippen LogP contribution in [0, 0.1) is 0 Å². The highest BCUT2D eigenvalue weighted by molar-refractivity contribution is 5.95. The van der Waals surface area contributed by atoms with Gasteiger partial charge >= 0.3 is 5.69 Å². The highest BCUT2D eigenvalue weighted by atomic mass is 16.5. The maximum Gasteiger partial charge on any atom is 0.328 e. The fraction of sp³-hybridized carbons (Fsp3) is 0.136. The maximum absolute atomic E-state index is 12.7. The minimum absolute atomic E-state index is 0.0448. The Balaban J connectivity index is 1.35. The van der Waals surface area contributed by atoms with Crippen molar-refractivity contribution in [1.82, 2.24) is 19.7 Å². The number of anilines is 1. The van der Waals surface area contributed by atoms with Crippen molar-refractivity contribution < 1.29 is 14.1 Å². The van der Waals surface area contributed by atoms with Gasteiger partial charge in [-0.05, 0) is 29.8 Å². The normalized spacial score (nSPS) is 14.6. The molecule has 1 unspecified atom stereocenters. The van der Waals surface area contributed by atoms with E-state index in [-0.39, 0.29) is 23.2 Å². The second-order valence-electron chi connectivity index (χ2n) is 7.32. The van der Waals surface area contributed by atoms with Gasteiger partial charge in [-0.15, -0.1) is 0 Å². The van der Waals surface area contributed by atoms with Gasteiger partial charge in [0, 0.05) is 30.9 Å². The van der Waals surface area contributed by atoms with E-state index in [4.69, 9.17) is 9.26 Å². The second kappa shape index (κ2) is 7.65. The van der Waals surface area contributed by atoms with Gasteiger partial charge < -0.3 is 19.1 Å². The largest absolute Gasteiger partial charge is 0.480 e. The Morgan fingerprint density at radius 3 is 2.88 bits per heavy atom. The van der Waals surface area contributed by atoms with Gasteiger partial charge in [0.1, 0.15) is 11.3 Å². The van der Waals surface area contributed by atoms with Gasteiger partial charge in [0.05, 0.1) is 0 Å². The van der Waals surface area contributed by atoms with Crippen molar-refractivity contribution in [2.75, 3.05) is 5.32 Å². The number of carbonyl (C=O) groups is 1. The molecular formula is C22H17N5O5. The van der Waals surface area contributed by atoms with E-state index in [9.17, 15) is 14.4 Å². The van der Waals surface area contributed by atoms with Crippen molar-refractivity contribution in [3.63, 3.8) is 0 Å². The first-order chi connectivity index (χ1) is 15.5. The number of rotatable bonds is 4. The van der Waals surface area contributed by atoms with E-state index >= 15 is 0 Å². The Morgan fingerprint density at radius 1 is 1.19 bits per heavy atom. The predicted molar refractivity (Wildman–Crippen MR) is 114 cm³/mol. The number of nitrogens with zero attached hydrogens (tertiary/aromatic N) is 3. The van der Waals surface area contributed by atoms with Crippen molar-refractivity contribution >= 4 is 11.6 Å². The number of nitrogens with one attached hydrogen (secondary N) is 2. The van der Waals surface area contributed by atoms with Crippen molar-refractivity contribution in [3.8, 4) is 28.6 Å². The molecule has 5 rings (SSSR count). The van der Waals surface area contributed by atoms with Crippen LogP contribution < -0.4 is 21.3 Å². The number of hydrogen-bond acceptors (Lipinski definition) is 7. The number of benzene rings is 2. The Kier molecular flexibility index (Phi) is 4.66. The molecule has 32 heavy (non-hydrogen) atoms. The molecule has 0 bridgehead atoms. The van der Waals surface area contributed by atoms with E-state index in [1.165, 1.54) is 17.8 Å². The molecule has 160 valence electrons. The van der Waals surface area contributed by atoms with E-state index in [1.807, 2.05) is 24.3 Å². The highest BCUT2D eigenvalue weighted by Crippen LogP contribution is 2.29. The molecule has 0 radical (unpaired) electrons. The monoisotopic (exact) mass is 431 g/mol. The summed E-state index contributed by atoms with van der Waals surface area (Å²) in [6.07, 6.45) is 1.23. The zero-order valence-electron chi connectivity index (χ0n) is 16.9. The molecule has 1 aliphatic heterocycles. The van der Waals surface area contributed by atoms with Gasteiger partial charge in [-0.1, -0.05) is 29.4 Å². The number of aryl methyl sites for hydroxylation is 1. The summed E-state index contributed by atoms with van der Waals surface area (Å²) in [4.78, 5) is 42.7. The van der Waals surface area contributed by atoms with Crippen molar-refractivity contribution in [3.05, 3.63) is 81.1 Å². The minimum Gasteiger partial charge on any atom is -0.480 e. The SMILES string of the molecule is Cn1cc(-c2noc(-c3cccc(NC(=O)C4Cc5ccccc5O4)c3)n2)c(=O)[nH]c1=O. The Hall–Kier alpha value is -4.47. The molecule has 1 aliphatic rings. The molecule has 2 N–H and O–H groups in total. The Bertz CT molecular complexity index is 1430. The number of aromatic nitrogens is 4. The summed E-state index contributed by atoms with van der Waals surface area (Å²) in [5.74, 6) is 0.659. The summed E-state index contributed by atoms with van der Waals surface area (Å²) in [6, 6.07) is 14.4. The van der Waals surface area contributed by atoms with Crippen LogP contribution in [0.2, 0.25) is 0 Å². The zero-order chi connectivity index (χ0) is 22.2. The van der Waals surface area contributed by atoms with E-state index in [1.54, 1.807) is 24.3 Å². The number of hydrogen-bond donors (Lipinski definition) is 2. The van der Waals surface area contributed by atoms with Crippen LogP contribution in [0.4, 0.5) is 5.69 Å². The average molecular weight is 431 g/mol. The van der Waals surface area contributed by atoms with Gasteiger partial charge in [-0.25, -0.2) is 4.79 Å². The third kappa shape index (κ3) is 3.58. The number of H-pyrrole nitrogens is 1. The van der Waals surface area contributed by atoms with Gasteiger partial charge in [0.15, 0.2) is 6.10 Å². The third-order valence-electron chi connectivity index (χ3n) is 5.09. The molecule has 10 nitrogen and oxygen atoms in total. The molecule has 0 saturated heterocycles. The van der Waals surface area contributed by atoms with E-state index in [0.29, 0.717) is 23.4 Å². The Labute approximate surface area is 180 Å². The molecule has 0 spiro atoms. The van der Waals surface area contributed by atoms with Crippen LogP contribution in [0.15, 0.2) is 68.8 Å². The molecule has 3 heterocycles. The lowest BCUT2D eigenvalue weighted by Crippen LogP contribution is -2.31. The number of para-hydroxylation sites is 1. The van der Waals surface area contributed by atoms with Crippen molar-refractivity contribution in [1.29, 1.82) is 0 Å². The second-order valence-corrected chi connectivity index (χ2v) is 7.32. The van der Waals surface area contributed by atoms with Crippen LogP contribution in [0.5, 0.6) is 5.75 Å². The van der Waals surface area contributed by atoms with E-state index < -0.39 is 17.4 Å². The lowest BCUT2D eigenvalue weighted by molar-refractivity contribution is -0.122. The number of ether oxygens (including phenoxy) is 1. The average Bonchev–Trinajstić information content (AvgIpc) is 3.44. The molecule has 1 amide bonds. The van der Waals surface area contributed by atoms with Crippen LogP contribution >= 0.6 is 0 Å².